The predicted octanol–water partition coefficient (Wildman–Crippen LogP) is 3.05. The average Bonchev–Trinajstić information content (AvgIpc) is 3.00. The molecule has 2 fully saturated rings. The third-order valence-electron chi connectivity index (χ3n) is 5.22. The Morgan fingerprint density at radius 3 is 2.72 bits per heavy atom. The lowest BCUT2D eigenvalue weighted by Gasteiger charge is -2.30. The molecule has 25 heavy (non-hydrogen) atoms. The third kappa shape index (κ3) is 6.27. The standard InChI is InChI=1S/C17H28N4OS.2ClH/c1-14(15-3-5-18-6-4-15)13-16(22)20-8-2-9-21(11-10-20)17-19-7-12-23-17;;/h7,12,14-15,18H,2-6,8-11,13H2,1H3;2*1H. The number of nitrogens with zero attached hydrogens (tertiary/aromatic N) is 3. The molecule has 0 aliphatic carbocycles. The second kappa shape index (κ2) is 11.2. The summed E-state index contributed by atoms with van der Waals surface area (Å²) in [6.07, 6.45) is 6.03. The normalized spacial score (nSPS) is 20.2. The molecule has 0 saturated carbocycles. The highest BCUT2D eigenvalue weighted by Crippen LogP contribution is 2.25. The van der Waals surface area contributed by atoms with E-state index >= 15 is 0 Å². The molecule has 2 aliphatic heterocycles. The number of aromatic nitrogens is 1. The summed E-state index contributed by atoms with van der Waals surface area (Å²) in [5.74, 6) is 1.55. The van der Waals surface area contributed by atoms with Gasteiger partial charge in [-0.2, -0.15) is 0 Å². The molecule has 0 aromatic carbocycles. The molecule has 0 bridgehead atoms. The first kappa shape index (κ1) is 22.5. The average molecular weight is 409 g/mol. The summed E-state index contributed by atoms with van der Waals surface area (Å²) < 4.78 is 0. The van der Waals surface area contributed by atoms with E-state index in [1.54, 1.807) is 11.3 Å². The van der Waals surface area contributed by atoms with Gasteiger partial charge in [-0.25, -0.2) is 4.98 Å². The van der Waals surface area contributed by atoms with Crippen LogP contribution in [-0.2, 0) is 4.79 Å². The Kier molecular flexibility index (Phi) is 10.1. The molecular weight excluding hydrogens is 379 g/mol. The second-order valence-electron chi connectivity index (χ2n) is 6.80. The summed E-state index contributed by atoms with van der Waals surface area (Å²) in [6, 6.07) is 0. The first-order chi connectivity index (χ1) is 11.2. The Labute approximate surface area is 167 Å². The molecule has 144 valence electrons. The maximum atomic E-state index is 12.7. The second-order valence-corrected chi connectivity index (χ2v) is 7.68. The van der Waals surface area contributed by atoms with Crippen molar-refractivity contribution in [3.63, 3.8) is 0 Å². The zero-order chi connectivity index (χ0) is 16.1. The monoisotopic (exact) mass is 408 g/mol. The lowest BCUT2D eigenvalue weighted by atomic mass is 9.84. The summed E-state index contributed by atoms with van der Waals surface area (Å²) in [4.78, 5) is 21.5. The number of amides is 1. The fourth-order valence-corrected chi connectivity index (χ4v) is 4.41. The highest BCUT2D eigenvalue weighted by atomic mass is 35.5. The SMILES string of the molecule is CC(CC(=O)N1CCCN(c2nccs2)CC1)C1CCNCC1.Cl.Cl. The van der Waals surface area contributed by atoms with Crippen LogP contribution in [0.5, 0.6) is 0 Å². The Hall–Kier alpha value is -0.560. The van der Waals surface area contributed by atoms with Crippen molar-refractivity contribution >= 4 is 47.2 Å². The summed E-state index contributed by atoms with van der Waals surface area (Å²) in [7, 11) is 0. The zero-order valence-corrected chi connectivity index (χ0v) is 17.3. The predicted molar refractivity (Wildman–Crippen MR) is 109 cm³/mol. The molecule has 8 heteroatoms. The van der Waals surface area contributed by atoms with Gasteiger partial charge >= 0.3 is 0 Å². The summed E-state index contributed by atoms with van der Waals surface area (Å²) >= 11 is 1.68. The smallest absolute Gasteiger partial charge is 0.222 e. The van der Waals surface area contributed by atoms with Gasteiger partial charge < -0.3 is 15.1 Å². The zero-order valence-electron chi connectivity index (χ0n) is 14.9. The molecule has 3 heterocycles. The summed E-state index contributed by atoms with van der Waals surface area (Å²) in [5.41, 5.74) is 0. The molecule has 2 saturated heterocycles. The van der Waals surface area contributed by atoms with Gasteiger partial charge in [0.05, 0.1) is 0 Å². The third-order valence-corrected chi connectivity index (χ3v) is 6.06. The Morgan fingerprint density at radius 2 is 2.04 bits per heavy atom. The molecule has 1 N–H and O–H groups in total. The minimum Gasteiger partial charge on any atom is -0.346 e. The highest BCUT2D eigenvalue weighted by Gasteiger charge is 2.25. The number of anilines is 1. The molecule has 1 atom stereocenters. The Morgan fingerprint density at radius 1 is 1.28 bits per heavy atom. The van der Waals surface area contributed by atoms with Gasteiger partial charge in [-0.3, -0.25) is 4.79 Å². The minimum absolute atomic E-state index is 0. The largest absolute Gasteiger partial charge is 0.346 e. The first-order valence-electron chi connectivity index (χ1n) is 8.87. The van der Waals surface area contributed by atoms with E-state index < -0.39 is 0 Å². The molecule has 0 spiro atoms. The topological polar surface area (TPSA) is 48.5 Å². The van der Waals surface area contributed by atoms with E-state index in [0.29, 0.717) is 24.2 Å². The lowest BCUT2D eigenvalue weighted by Crippen LogP contribution is -2.37. The van der Waals surface area contributed by atoms with E-state index in [1.807, 2.05) is 11.6 Å². The van der Waals surface area contributed by atoms with Crippen molar-refractivity contribution in [3.05, 3.63) is 11.6 Å². The quantitative estimate of drug-likeness (QED) is 0.831. The molecule has 1 aromatic rings. The number of carbonyl (C=O) groups excluding carboxylic acids is 1. The maximum absolute atomic E-state index is 12.7. The first-order valence-corrected chi connectivity index (χ1v) is 9.75. The number of hydrogen-bond donors (Lipinski definition) is 1. The van der Waals surface area contributed by atoms with Gasteiger partial charge in [0.25, 0.3) is 0 Å². The number of nitrogens with one attached hydrogen (secondary N) is 1. The van der Waals surface area contributed by atoms with Gasteiger partial charge in [-0.15, -0.1) is 36.2 Å². The van der Waals surface area contributed by atoms with Crippen LogP contribution in [0.2, 0.25) is 0 Å². The highest BCUT2D eigenvalue weighted by molar-refractivity contribution is 7.13. The van der Waals surface area contributed by atoms with Crippen molar-refractivity contribution < 1.29 is 4.79 Å². The van der Waals surface area contributed by atoms with Crippen molar-refractivity contribution in [2.24, 2.45) is 11.8 Å². The van der Waals surface area contributed by atoms with Crippen LogP contribution in [0, 0.1) is 11.8 Å². The molecule has 3 rings (SSSR count). The van der Waals surface area contributed by atoms with Gasteiger partial charge in [0.15, 0.2) is 5.13 Å². The molecule has 0 radical (unpaired) electrons. The lowest BCUT2D eigenvalue weighted by molar-refractivity contribution is -0.132. The number of hydrogen-bond acceptors (Lipinski definition) is 5. The molecule has 5 nitrogen and oxygen atoms in total. The molecule has 1 amide bonds. The number of carbonyl (C=O) groups is 1. The fraction of sp³-hybridized carbons (Fsp3) is 0.765. The van der Waals surface area contributed by atoms with Crippen molar-refractivity contribution in [2.75, 3.05) is 44.2 Å². The van der Waals surface area contributed by atoms with E-state index in [-0.39, 0.29) is 24.8 Å². The van der Waals surface area contributed by atoms with Gasteiger partial charge in [-0.05, 0) is 44.2 Å². The number of rotatable bonds is 4. The van der Waals surface area contributed by atoms with Crippen molar-refractivity contribution in [2.45, 2.75) is 32.6 Å². The van der Waals surface area contributed by atoms with Crippen LogP contribution in [0.3, 0.4) is 0 Å². The van der Waals surface area contributed by atoms with E-state index in [2.05, 4.69) is 27.0 Å². The van der Waals surface area contributed by atoms with Crippen LogP contribution in [0.1, 0.15) is 32.6 Å². The van der Waals surface area contributed by atoms with Crippen LogP contribution in [-0.4, -0.2) is 55.1 Å². The van der Waals surface area contributed by atoms with E-state index in [1.165, 1.54) is 12.8 Å². The number of thiazole rings is 1. The van der Waals surface area contributed by atoms with Crippen molar-refractivity contribution in [3.8, 4) is 0 Å². The fourth-order valence-electron chi connectivity index (χ4n) is 3.71. The molecular formula is C17H30Cl2N4OS. The number of piperidine rings is 1. The van der Waals surface area contributed by atoms with Gasteiger partial charge in [-0.1, -0.05) is 6.92 Å². The Bertz CT molecular complexity index is 497. The van der Waals surface area contributed by atoms with Crippen LogP contribution in [0.25, 0.3) is 0 Å². The van der Waals surface area contributed by atoms with Gasteiger partial charge in [0, 0.05) is 44.2 Å². The van der Waals surface area contributed by atoms with Gasteiger partial charge in [0.1, 0.15) is 0 Å². The van der Waals surface area contributed by atoms with E-state index in [4.69, 9.17) is 0 Å². The van der Waals surface area contributed by atoms with Crippen molar-refractivity contribution in [1.82, 2.24) is 15.2 Å². The number of halogens is 2. The Balaban J connectivity index is 0.00000156. The maximum Gasteiger partial charge on any atom is 0.222 e. The van der Waals surface area contributed by atoms with E-state index in [9.17, 15) is 4.79 Å². The molecule has 2 aliphatic rings. The summed E-state index contributed by atoms with van der Waals surface area (Å²) in [6.45, 7) is 8.10. The van der Waals surface area contributed by atoms with E-state index in [0.717, 1.165) is 50.8 Å². The van der Waals surface area contributed by atoms with Crippen LogP contribution >= 0.6 is 36.2 Å². The van der Waals surface area contributed by atoms with Crippen LogP contribution in [0.4, 0.5) is 5.13 Å². The molecule has 1 aromatic heterocycles. The molecule has 1 unspecified atom stereocenters. The van der Waals surface area contributed by atoms with Crippen LogP contribution < -0.4 is 10.2 Å². The van der Waals surface area contributed by atoms with Gasteiger partial charge in [0.2, 0.25) is 5.91 Å². The summed E-state index contributed by atoms with van der Waals surface area (Å²) in [5, 5.41) is 6.51. The minimum atomic E-state index is 0. The van der Waals surface area contributed by atoms with Crippen LogP contribution in [0.15, 0.2) is 11.6 Å². The van der Waals surface area contributed by atoms with Crippen molar-refractivity contribution in [1.29, 1.82) is 0 Å².